The van der Waals surface area contributed by atoms with E-state index in [-0.39, 0.29) is 6.54 Å². The third-order valence-corrected chi connectivity index (χ3v) is 3.50. The smallest absolute Gasteiger partial charge is 0.250 e. The summed E-state index contributed by atoms with van der Waals surface area (Å²) in [4.78, 5) is 26.9. The molecule has 3 rings (SSSR count). The van der Waals surface area contributed by atoms with E-state index in [1.807, 2.05) is 0 Å². The van der Waals surface area contributed by atoms with Crippen LogP contribution in [0.1, 0.15) is 26.6 Å². The highest BCUT2D eigenvalue weighted by molar-refractivity contribution is 5.98. The number of hydrogen-bond acceptors (Lipinski definition) is 6. The fourth-order valence-electron chi connectivity index (χ4n) is 2.28. The number of primary amides is 2. The average molecular weight is 337 g/mol. The second-order valence-corrected chi connectivity index (χ2v) is 5.22. The van der Waals surface area contributed by atoms with Crippen molar-refractivity contribution >= 4 is 17.5 Å². The van der Waals surface area contributed by atoms with E-state index in [9.17, 15) is 9.59 Å². The van der Waals surface area contributed by atoms with Gasteiger partial charge in [0.2, 0.25) is 17.6 Å². The topological polar surface area (TPSA) is 137 Å². The van der Waals surface area contributed by atoms with Gasteiger partial charge in [-0.3, -0.25) is 9.59 Å². The molecule has 2 amide bonds. The third-order valence-electron chi connectivity index (χ3n) is 3.50. The molecule has 2 aromatic carbocycles. The highest BCUT2D eigenvalue weighted by Gasteiger charge is 2.12. The average Bonchev–Trinajstić information content (AvgIpc) is 3.09. The monoisotopic (exact) mass is 337 g/mol. The largest absolute Gasteiger partial charge is 0.375 e. The number of rotatable bonds is 6. The number of aromatic nitrogens is 2. The van der Waals surface area contributed by atoms with E-state index in [0.717, 1.165) is 0 Å². The van der Waals surface area contributed by atoms with Gasteiger partial charge in [-0.2, -0.15) is 4.98 Å². The van der Waals surface area contributed by atoms with Crippen LogP contribution in [-0.4, -0.2) is 22.0 Å². The number of nitrogens with two attached hydrogens (primary N) is 2. The molecule has 0 fully saturated rings. The third kappa shape index (κ3) is 3.63. The van der Waals surface area contributed by atoms with Gasteiger partial charge in [-0.05, 0) is 24.3 Å². The van der Waals surface area contributed by atoms with Crippen molar-refractivity contribution in [2.75, 3.05) is 5.32 Å². The number of carbonyl (C=O) groups is 2. The lowest BCUT2D eigenvalue weighted by Gasteiger charge is -2.07. The highest BCUT2D eigenvalue weighted by atomic mass is 16.5. The van der Waals surface area contributed by atoms with Crippen LogP contribution in [0, 0.1) is 0 Å². The first-order chi connectivity index (χ1) is 12.0. The molecule has 5 N–H and O–H groups in total. The van der Waals surface area contributed by atoms with E-state index >= 15 is 0 Å². The van der Waals surface area contributed by atoms with E-state index in [2.05, 4.69) is 15.5 Å². The summed E-state index contributed by atoms with van der Waals surface area (Å²) in [7, 11) is 0. The molecule has 0 spiro atoms. The molecule has 0 aliphatic rings. The lowest BCUT2D eigenvalue weighted by molar-refractivity contribution is 0.0992. The molecule has 0 bridgehead atoms. The molecule has 8 nitrogen and oxygen atoms in total. The maximum Gasteiger partial charge on any atom is 0.250 e. The quantitative estimate of drug-likeness (QED) is 0.624. The molecule has 1 aromatic heterocycles. The fraction of sp³-hybridized carbons (Fsp3) is 0.0588. The Labute approximate surface area is 142 Å². The number of para-hydroxylation sites is 1. The molecule has 0 atom stereocenters. The first-order valence-corrected chi connectivity index (χ1v) is 7.40. The number of nitrogens with zero attached hydrogens (tertiary/aromatic N) is 2. The minimum Gasteiger partial charge on any atom is -0.375 e. The molecule has 1 heterocycles. The predicted octanol–water partition coefficient (Wildman–Crippen LogP) is 1.55. The lowest BCUT2D eigenvalue weighted by Crippen LogP contribution is -2.14. The zero-order valence-electron chi connectivity index (χ0n) is 13.1. The zero-order valence-corrected chi connectivity index (χ0v) is 13.1. The molecule has 3 aromatic rings. The second-order valence-electron chi connectivity index (χ2n) is 5.22. The van der Waals surface area contributed by atoms with Gasteiger partial charge in [0, 0.05) is 16.8 Å². The minimum atomic E-state index is -0.532. The highest BCUT2D eigenvalue weighted by Crippen LogP contribution is 2.19. The van der Waals surface area contributed by atoms with Gasteiger partial charge in [-0.25, -0.2) is 0 Å². The summed E-state index contributed by atoms with van der Waals surface area (Å²) in [6.45, 7) is 0.215. The van der Waals surface area contributed by atoms with Gasteiger partial charge < -0.3 is 21.3 Å². The van der Waals surface area contributed by atoms with Crippen molar-refractivity contribution in [3.63, 3.8) is 0 Å². The number of benzene rings is 2. The number of carbonyl (C=O) groups excluding carboxylic acids is 2. The molecule has 0 saturated carbocycles. The second kappa shape index (κ2) is 6.83. The molecule has 0 aliphatic heterocycles. The molecule has 0 radical (unpaired) electrons. The van der Waals surface area contributed by atoms with Crippen molar-refractivity contribution < 1.29 is 14.1 Å². The number of nitrogens with one attached hydrogen (secondary N) is 1. The van der Waals surface area contributed by atoms with Crippen LogP contribution >= 0.6 is 0 Å². The summed E-state index contributed by atoms with van der Waals surface area (Å²) < 4.78 is 5.19. The summed E-state index contributed by atoms with van der Waals surface area (Å²) in [5, 5.41) is 6.92. The van der Waals surface area contributed by atoms with Crippen LogP contribution in [0.3, 0.4) is 0 Å². The molecular formula is C17H15N5O3. The standard InChI is InChI=1S/C17H15N5O3/c18-15(23)10-4-3-5-11(8-10)17-21-14(25-22-17)9-20-13-7-2-1-6-12(13)16(19)24/h1-8,20H,9H2,(H2,18,23)(H2,19,24). The Morgan fingerprint density at radius 1 is 1.04 bits per heavy atom. The Morgan fingerprint density at radius 2 is 1.84 bits per heavy atom. The summed E-state index contributed by atoms with van der Waals surface area (Å²) >= 11 is 0. The van der Waals surface area contributed by atoms with E-state index < -0.39 is 11.8 Å². The first kappa shape index (κ1) is 16.2. The normalized spacial score (nSPS) is 10.4. The number of anilines is 1. The van der Waals surface area contributed by atoms with Crippen LogP contribution in [0.25, 0.3) is 11.4 Å². The van der Waals surface area contributed by atoms with E-state index in [1.165, 1.54) is 0 Å². The van der Waals surface area contributed by atoms with Crippen LogP contribution in [0.4, 0.5) is 5.69 Å². The van der Waals surface area contributed by atoms with Crippen LogP contribution in [0.2, 0.25) is 0 Å². The zero-order chi connectivity index (χ0) is 17.8. The summed E-state index contributed by atoms with van der Waals surface area (Å²) in [6.07, 6.45) is 0. The maximum absolute atomic E-state index is 11.4. The van der Waals surface area contributed by atoms with Crippen molar-refractivity contribution in [3.8, 4) is 11.4 Å². The van der Waals surface area contributed by atoms with Gasteiger partial charge in [-0.1, -0.05) is 29.4 Å². The number of amides is 2. The van der Waals surface area contributed by atoms with Crippen molar-refractivity contribution in [2.45, 2.75) is 6.54 Å². The van der Waals surface area contributed by atoms with E-state index in [0.29, 0.717) is 34.1 Å². The van der Waals surface area contributed by atoms with Crippen molar-refractivity contribution in [1.29, 1.82) is 0 Å². The van der Waals surface area contributed by atoms with Crippen LogP contribution in [-0.2, 0) is 6.54 Å². The van der Waals surface area contributed by atoms with Crippen molar-refractivity contribution in [3.05, 3.63) is 65.5 Å². The van der Waals surface area contributed by atoms with Gasteiger partial charge in [0.25, 0.3) is 5.91 Å². The van der Waals surface area contributed by atoms with Gasteiger partial charge in [0.05, 0.1) is 12.1 Å². The molecule has 0 saturated heterocycles. The lowest BCUT2D eigenvalue weighted by atomic mass is 10.1. The SMILES string of the molecule is NC(=O)c1cccc(-c2noc(CNc3ccccc3C(N)=O)n2)c1. The van der Waals surface area contributed by atoms with Crippen molar-refractivity contribution in [2.24, 2.45) is 11.5 Å². The summed E-state index contributed by atoms with van der Waals surface area (Å²) in [6, 6.07) is 13.5. The Hall–Kier alpha value is -3.68. The molecule has 25 heavy (non-hydrogen) atoms. The Balaban J connectivity index is 1.76. The maximum atomic E-state index is 11.4. The fourth-order valence-corrected chi connectivity index (χ4v) is 2.28. The molecule has 0 aliphatic carbocycles. The Morgan fingerprint density at radius 3 is 2.60 bits per heavy atom. The van der Waals surface area contributed by atoms with Gasteiger partial charge in [0.1, 0.15) is 0 Å². The summed E-state index contributed by atoms with van der Waals surface area (Å²) in [5.41, 5.74) is 12.5. The van der Waals surface area contributed by atoms with Crippen LogP contribution in [0.5, 0.6) is 0 Å². The van der Waals surface area contributed by atoms with Gasteiger partial charge in [0.15, 0.2) is 0 Å². The molecule has 8 heteroatoms. The molecule has 126 valence electrons. The minimum absolute atomic E-state index is 0.215. The predicted molar refractivity (Wildman–Crippen MR) is 90.5 cm³/mol. The first-order valence-electron chi connectivity index (χ1n) is 7.40. The van der Waals surface area contributed by atoms with Gasteiger partial charge in [-0.15, -0.1) is 0 Å². The Bertz CT molecular complexity index is 935. The molecule has 0 unspecified atom stereocenters. The van der Waals surface area contributed by atoms with E-state index in [1.54, 1.807) is 48.5 Å². The van der Waals surface area contributed by atoms with Crippen LogP contribution < -0.4 is 16.8 Å². The van der Waals surface area contributed by atoms with E-state index in [4.69, 9.17) is 16.0 Å². The molecular weight excluding hydrogens is 322 g/mol. The van der Waals surface area contributed by atoms with Crippen LogP contribution in [0.15, 0.2) is 53.1 Å². The summed E-state index contributed by atoms with van der Waals surface area (Å²) in [5.74, 6) is -0.408. The van der Waals surface area contributed by atoms with Gasteiger partial charge >= 0.3 is 0 Å². The van der Waals surface area contributed by atoms with Crippen molar-refractivity contribution in [1.82, 2.24) is 10.1 Å². The number of hydrogen-bond donors (Lipinski definition) is 3. The Kier molecular flexibility index (Phi) is 4.42.